The van der Waals surface area contributed by atoms with Crippen molar-refractivity contribution in [1.29, 1.82) is 0 Å². The Labute approximate surface area is 302 Å². The number of fused-ring (bicyclic) bond motifs is 5. The summed E-state index contributed by atoms with van der Waals surface area (Å²) in [7, 11) is 0. The lowest BCUT2D eigenvalue weighted by Crippen LogP contribution is -2.09. The summed E-state index contributed by atoms with van der Waals surface area (Å²) < 4.78 is 6.21. The van der Waals surface area contributed by atoms with Crippen LogP contribution in [0.15, 0.2) is 205 Å². The predicted octanol–water partition coefficient (Wildman–Crippen LogP) is 14.4. The molecular formula is C50H33NO. The maximum absolute atomic E-state index is 6.21. The van der Waals surface area contributed by atoms with Crippen molar-refractivity contribution in [3.63, 3.8) is 0 Å². The Hall–Kier alpha value is -6.90. The molecule has 1 aromatic heterocycles. The van der Waals surface area contributed by atoms with Crippen LogP contribution >= 0.6 is 0 Å². The van der Waals surface area contributed by atoms with E-state index >= 15 is 0 Å². The van der Waals surface area contributed by atoms with Crippen LogP contribution in [0.3, 0.4) is 0 Å². The molecule has 0 aliphatic heterocycles. The number of anilines is 3. The van der Waals surface area contributed by atoms with E-state index in [0.29, 0.717) is 0 Å². The highest BCUT2D eigenvalue weighted by atomic mass is 16.3. The molecule has 0 fully saturated rings. The van der Waals surface area contributed by atoms with E-state index in [0.717, 1.165) is 39.0 Å². The fraction of sp³-hybridized carbons (Fsp3) is 0. The molecule has 244 valence electrons. The van der Waals surface area contributed by atoms with Gasteiger partial charge in [0.1, 0.15) is 11.2 Å². The number of hydrogen-bond donors (Lipinski definition) is 0. The standard InChI is InChI=1S/C50H33NO/c1-2-8-34(9-3-1)36-18-24-44(25-19-36)51(45-26-20-37(21-27-45)40-15-14-35-10-4-5-11-39(35)30-40)46-28-22-38(23-29-46)41-16-17-42-32-48-47-12-6-7-13-49(47)52-50(48)33-43(42)31-41/h1-33H. The van der Waals surface area contributed by atoms with E-state index in [4.69, 9.17) is 4.42 Å². The number of rotatable bonds is 6. The summed E-state index contributed by atoms with van der Waals surface area (Å²) in [4.78, 5) is 2.33. The smallest absolute Gasteiger partial charge is 0.136 e. The van der Waals surface area contributed by atoms with Gasteiger partial charge in [-0.2, -0.15) is 0 Å². The van der Waals surface area contributed by atoms with Crippen LogP contribution in [-0.4, -0.2) is 0 Å². The van der Waals surface area contributed by atoms with Crippen molar-refractivity contribution in [3.05, 3.63) is 200 Å². The van der Waals surface area contributed by atoms with Gasteiger partial charge in [-0.25, -0.2) is 0 Å². The molecule has 10 rings (SSSR count). The number of para-hydroxylation sites is 1. The fourth-order valence-electron chi connectivity index (χ4n) is 7.50. The van der Waals surface area contributed by atoms with E-state index < -0.39 is 0 Å². The van der Waals surface area contributed by atoms with Gasteiger partial charge in [0.15, 0.2) is 0 Å². The van der Waals surface area contributed by atoms with E-state index in [1.54, 1.807) is 0 Å². The van der Waals surface area contributed by atoms with E-state index in [1.165, 1.54) is 54.9 Å². The van der Waals surface area contributed by atoms with E-state index in [9.17, 15) is 0 Å². The third-order valence-electron chi connectivity index (χ3n) is 10.2. The zero-order valence-electron chi connectivity index (χ0n) is 28.4. The average molecular weight is 664 g/mol. The van der Waals surface area contributed by atoms with Crippen LogP contribution < -0.4 is 4.90 Å². The lowest BCUT2D eigenvalue weighted by Gasteiger charge is -2.26. The molecule has 0 radical (unpaired) electrons. The lowest BCUT2D eigenvalue weighted by atomic mass is 9.99. The van der Waals surface area contributed by atoms with Crippen molar-refractivity contribution >= 4 is 60.5 Å². The van der Waals surface area contributed by atoms with Gasteiger partial charge in [0.25, 0.3) is 0 Å². The summed E-state index contributed by atoms with van der Waals surface area (Å²) in [5.41, 5.74) is 12.3. The molecule has 0 atom stereocenters. The Morgan fingerprint density at radius 2 is 0.731 bits per heavy atom. The summed E-state index contributed by atoms with van der Waals surface area (Å²) in [5, 5.41) is 7.18. The topological polar surface area (TPSA) is 16.4 Å². The van der Waals surface area contributed by atoms with Gasteiger partial charge in [-0.1, -0.05) is 133 Å². The van der Waals surface area contributed by atoms with Gasteiger partial charge in [0, 0.05) is 27.8 Å². The largest absolute Gasteiger partial charge is 0.456 e. The third kappa shape index (κ3) is 5.39. The van der Waals surface area contributed by atoms with E-state index in [-0.39, 0.29) is 0 Å². The van der Waals surface area contributed by atoms with E-state index in [2.05, 4.69) is 193 Å². The normalized spacial score (nSPS) is 11.5. The Balaban J connectivity index is 1.01. The van der Waals surface area contributed by atoms with Gasteiger partial charge in [0.05, 0.1) is 0 Å². The Morgan fingerprint density at radius 3 is 1.38 bits per heavy atom. The molecule has 0 saturated heterocycles. The zero-order chi connectivity index (χ0) is 34.4. The van der Waals surface area contributed by atoms with E-state index in [1.807, 2.05) is 12.1 Å². The molecule has 0 bridgehead atoms. The van der Waals surface area contributed by atoms with Crippen LogP contribution in [-0.2, 0) is 0 Å². The lowest BCUT2D eigenvalue weighted by molar-refractivity contribution is 0.669. The molecule has 0 N–H and O–H groups in total. The molecule has 0 saturated carbocycles. The molecule has 9 aromatic carbocycles. The van der Waals surface area contributed by atoms with Gasteiger partial charge >= 0.3 is 0 Å². The molecule has 0 amide bonds. The first-order chi connectivity index (χ1) is 25.7. The van der Waals surface area contributed by atoms with Crippen LogP contribution in [0.1, 0.15) is 0 Å². The van der Waals surface area contributed by atoms with Gasteiger partial charge in [-0.05, 0) is 122 Å². The van der Waals surface area contributed by atoms with Crippen LogP contribution in [0.5, 0.6) is 0 Å². The molecule has 2 heteroatoms. The molecular weight excluding hydrogens is 631 g/mol. The van der Waals surface area contributed by atoms with Crippen LogP contribution in [0.4, 0.5) is 17.1 Å². The van der Waals surface area contributed by atoms with Crippen molar-refractivity contribution in [2.24, 2.45) is 0 Å². The van der Waals surface area contributed by atoms with Crippen LogP contribution in [0, 0.1) is 0 Å². The Kier molecular flexibility index (Phi) is 7.18. The summed E-state index contributed by atoms with van der Waals surface area (Å²) in [6.45, 7) is 0. The zero-order valence-corrected chi connectivity index (χ0v) is 28.4. The summed E-state index contributed by atoms with van der Waals surface area (Å²) in [6.07, 6.45) is 0. The van der Waals surface area contributed by atoms with Gasteiger partial charge < -0.3 is 9.32 Å². The fourth-order valence-corrected chi connectivity index (χ4v) is 7.50. The predicted molar refractivity (Wildman–Crippen MR) is 220 cm³/mol. The van der Waals surface area contributed by atoms with Gasteiger partial charge in [-0.3, -0.25) is 0 Å². The van der Waals surface area contributed by atoms with Crippen LogP contribution in [0.25, 0.3) is 76.9 Å². The molecule has 0 unspecified atom stereocenters. The minimum Gasteiger partial charge on any atom is -0.456 e. The number of furan rings is 1. The minimum absolute atomic E-state index is 0.918. The second kappa shape index (κ2) is 12.5. The van der Waals surface area contributed by atoms with Gasteiger partial charge in [0.2, 0.25) is 0 Å². The number of hydrogen-bond acceptors (Lipinski definition) is 2. The van der Waals surface area contributed by atoms with Crippen molar-refractivity contribution in [3.8, 4) is 33.4 Å². The molecule has 10 aromatic rings. The highest BCUT2D eigenvalue weighted by Crippen LogP contribution is 2.39. The SMILES string of the molecule is c1ccc(-c2ccc(N(c3ccc(-c4ccc5ccccc5c4)cc3)c3ccc(-c4ccc5cc6c(cc5c4)oc4ccccc46)cc3)cc2)cc1. The second-order valence-corrected chi connectivity index (χ2v) is 13.4. The molecule has 0 spiro atoms. The summed E-state index contributed by atoms with van der Waals surface area (Å²) in [5.74, 6) is 0. The van der Waals surface area contributed by atoms with Crippen molar-refractivity contribution in [1.82, 2.24) is 0 Å². The average Bonchev–Trinajstić information content (AvgIpc) is 3.58. The highest BCUT2D eigenvalue weighted by Gasteiger charge is 2.15. The molecule has 0 aliphatic rings. The molecule has 2 nitrogen and oxygen atoms in total. The first-order valence-corrected chi connectivity index (χ1v) is 17.7. The summed E-state index contributed by atoms with van der Waals surface area (Å²) in [6, 6.07) is 71.8. The van der Waals surface area contributed by atoms with Crippen molar-refractivity contribution in [2.75, 3.05) is 4.90 Å². The molecule has 52 heavy (non-hydrogen) atoms. The first kappa shape index (κ1) is 30.0. The van der Waals surface area contributed by atoms with Crippen LogP contribution in [0.2, 0.25) is 0 Å². The third-order valence-corrected chi connectivity index (χ3v) is 10.2. The maximum Gasteiger partial charge on any atom is 0.136 e. The first-order valence-electron chi connectivity index (χ1n) is 17.7. The second-order valence-electron chi connectivity index (χ2n) is 13.4. The van der Waals surface area contributed by atoms with Crippen molar-refractivity contribution in [2.45, 2.75) is 0 Å². The van der Waals surface area contributed by atoms with Crippen molar-refractivity contribution < 1.29 is 4.42 Å². The number of nitrogens with zero attached hydrogens (tertiary/aromatic N) is 1. The number of benzene rings is 9. The Morgan fingerprint density at radius 1 is 0.269 bits per heavy atom. The quantitative estimate of drug-likeness (QED) is 0.176. The monoisotopic (exact) mass is 663 g/mol. The van der Waals surface area contributed by atoms with Gasteiger partial charge in [-0.15, -0.1) is 0 Å². The molecule has 0 aliphatic carbocycles. The molecule has 1 heterocycles. The Bertz CT molecular complexity index is 2870. The minimum atomic E-state index is 0.918. The summed E-state index contributed by atoms with van der Waals surface area (Å²) >= 11 is 0. The maximum atomic E-state index is 6.21. The highest BCUT2D eigenvalue weighted by molar-refractivity contribution is 6.10.